The standard InChI is InChI=1S/C14H19NO3/c1-4-10-11(13(16)15(5-2)6-3)8-7-9-12(10)14(17)18/h7-9H,4-6H2,1-3H3,(H,17,18). The minimum atomic E-state index is -0.985. The van der Waals surface area contributed by atoms with Crippen LogP contribution in [0.15, 0.2) is 18.2 Å². The summed E-state index contributed by atoms with van der Waals surface area (Å²) in [7, 11) is 0. The Labute approximate surface area is 107 Å². The van der Waals surface area contributed by atoms with E-state index in [0.717, 1.165) is 0 Å². The normalized spacial score (nSPS) is 10.2. The van der Waals surface area contributed by atoms with E-state index in [1.807, 2.05) is 20.8 Å². The second-order valence-corrected chi connectivity index (χ2v) is 3.97. The number of benzene rings is 1. The van der Waals surface area contributed by atoms with Crippen LogP contribution in [0.2, 0.25) is 0 Å². The summed E-state index contributed by atoms with van der Waals surface area (Å²) >= 11 is 0. The van der Waals surface area contributed by atoms with Crippen LogP contribution in [0.4, 0.5) is 0 Å². The second-order valence-electron chi connectivity index (χ2n) is 3.97. The molecule has 1 rings (SSSR count). The molecule has 0 unspecified atom stereocenters. The summed E-state index contributed by atoms with van der Waals surface area (Å²) in [5.74, 6) is -1.08. The largest absolute Gasteiger partial charge is 0.478 e. The molecule has 0 heterocycles. The molecule has 0 bridgehead atoms. The number of rotatable bonds is 5. The van der Waals surface area contributed by atoms with Gasteiger partial charge in [-0.05, 0) is 38.0 Å². The summed E-state index contributed by atoms with van der Waals surface area (Å²) in [6.07, 6.45) is 0.533. The summed E-state index contributed by atoms with van der Waals surface area (Å²) < 4.78 is 0. The van der Waals surface area contributed by atoms with E-state index in [9.17, 15) is 9.59 Å². The van der Waals surface area contributed by atoms with Gasteiger partial charge in [-0.25, -0.2) is 4.79 Å². The number of carbonyl (C=O) groups excluding carboxylic acids is 1. The molecule has 1 aromatic rings. The molecule has 4 heteroatoms. The van der Waals surface area contributed by atoms with Gasteiger partial charge >= 0.3 is 5.97 Å². The first kappa shape index (κ1) is 14.2. The number of carbonyl (C=O) groups is 2. The van der Waals surface area contributed by atoms with Gasteiger partial charge in [-0.2, -0.15) is 0 Å². The van der Waals surface area contributed by atoms with Gasteiger partial charge in [0.05, 0.1) is 5.56 Å². The molecule has 0 aliphatic rings. The van der Waals surface area contributed by atoms with Gasteiger partial charge in [-0.3, -0.25) is 4.79 Å². The molecular formula is C14H19NO3. The maximum atomic E-state index is 12.3. The smallest absolute Gasteiger partial charge is 0.335 e. The first-order chi connectivity index (χ1) is 8.56. The lowest BCUT2D eigenvalue weighted by atomic mass is 9.98. The first-order valence-corrected chi connectivity index (χ1v) is 6.21. The van der Waals surface area contributed by atoms with Gasteiger partial charge in [-0.15, -0.1) is 0 Å². The van der Waals surface area contributed by atoms with Crippen molar-refractivity contribution in [2.24, 2.45) is 0 Å². The maximum Gasteiger partial charge on any atom is 0.335 e. The lowest BCUT2D eigenvalue weighted by molar-refractivity contribution is 0.0695. The second kappa shape index (κ2) is 6.19. The summed E-state index contributed by atoms with van der Waals surface area (Å²) in [4.78, 5) is 25.1. The van der Waals surface area contributed by atoms with E-state index < -0.39 is 5.97 Å². The average Bonchev–Trinajstić information content (AvgIpc) is 2.38. The third kappa shape index (κ3) is 2.70. The monoisotopic (exact) mass is 249 g/mol. The number of carboxylic acid groups (broad SMARTS) is 1. The topological polar surface area (TPSA) is 57.6 Å². The van der Waals surface area contributed by atoms with E-state index in [-0.39, 0.29) is 11.5 Å². The Bertz CT molecular complexity index is 450. The fourth-order valence-electron chi connectivity index (χ4n) is 2.05. The highest BCUT2D eigenvalue weighted by molar-refractivity contribution is 6.00. The van der Waals surface area contributed by atoms with Gasteiger partial charge < -0.3 is 10.0 Å². The van der Waals surface area contributed by atoms with Crippen LogP contribution < -0.4 is 0 Å². The molecule has 0 aliphatic heterocycles. The highest BCUT2D eigenvalue weighted by Gasteiger charge is 2.19. The fraction of sp³-hybridized carbons (Fsp3) is 0.429. The van der Waals surface area contributed by atoms with Crippen LogP contribution >= 0.6 is 0 Å². The Morgan fingerprint density at radius 1 is 1.11 bits per heavy atom. The lowest BCUT2D eigenvalue weighted by Gasteiger charge is -2.20. The molecule has 0 aliphatic carbocycles. The summed E-state index contributed by atoms with van der Waals surface area (Å²) in [6.45, 7) is 6.93. The molecule has 1 amide bonds. The van der Waals surface area contributed by atoms with Gasteiger partial charge in [0.1, 0.15) is 0 Å². The Hall–Kier alpha value is -1.84. The van der Waals surface area contributed by atoms with E-state index in [1.54, 1.807) is 23.1 Å². The van der Waals surface area contributed by atoms with Gasteiger partial charge in [0, 0.05) is 18.7 Å². The zero-order valence-electron chi connectivity index (χ0n) is 11.1. The third-order valence-corrected chi connectivity index (χ3v) is 3.04. The number of carboxylic acids is 1. The predicted molar refractivity (Wildman–Crippen MR) is 70.0 cm³/mol. The number of amides is 1. The van der Waals surface area contributed by atoms with Gasteiger partial charge in [0.25, 0.3) is 5.91 Å². The van der Waals surface area contributed by atoms with Crippen molar-refractivity contribution >= 4 is 11.9 Å². The quantitative estimate of drug-likeness (QED) is 0.872. The molecule has 4 nitrogen and oxygen atoms in total. The van der Waals surface area contributed by atoms with Gasteiger partial charge in [0.15, 0.2) is 0 Å². The molecular weight excluding hydrogens is 230 g/mol. The van der Waals surface area contributed by atoms with Gasteiger partial charge in [0.2, 0.25) is 0 Å². The average molecular weight is 249 g/mol. The molecule has 0 fully saturated rings. The predicted octanol–water partition coefficient (Wildman–Crippen LogP) is 2.43. The van der Waals surface area contributed by atoms with Crippen LogP contribution in [0.3, 0.4) is 0 Å². The van der Waals surface area contributed by atoms with Crippen molar-refractivity contribution in [3.63, 3.8) is 0 Å². The minimum absolute atomic E-state index is 0.0973. The third-order valence-electron chi connectivity index (χ3n) is 3.04. The van der Waals surface area contributed by atoms with E-state index in [2.05, 4.69) is 0 Å². The van der Waals surface area contributed by atoms with Crippen molar-refractivity contribution in [1.29, 1.82) is 0 Å². The molecule has 0 radical (unpaired) electrons. The number of hydrogen-bond donors (Lipinski definition) is 1. The SMILES string of the molecule is CCc1c(C(=O)O)cccc1C(=O)N(CC)CC. The van der Waals surface area contributed by atoms with Gasteiger partial charge in [-0.1, -0.05) is 13.0 Å². The van der Waals surface area contributed by atoms with Crippen molar-refractivity contribution in [3.8, 4) is 0 Å². The van der Waals surface area contributed by atoms with Crippen LogP contribution in [0.1, 0.15) is 47.1 Å². The zero-order chi connectivity index (χ0) is 13.7. The fourth-order valence-corrected chi connectivity index (χ4v) is 2.05. The van der Waals surface area contributed by atoms with E-state index in [1.165, 1.54) is 0 Å². The van der Waals surface area contributed by atoms with Crippen LogP contribution in [-0.2, 0) is 6.42 Å². The van der Waals surface area contributed by atoms with Crippen LogP contribution in [0, 0.1) is 0 Å². The Morgan fingerprint density at radius 3 is 2.11 bits per heavy atom. The van der Waals surface area contributed by atoms with Crippen molar-refractivity contribution in [1.82, 2.24) is 4.90 Å². The van der Waals surface area contributed by atoms with Crippen LogP contribution in [0.5, 0.6) is 0 Å². The summed E-state index contributed by atoms with van der Waals surface area (Å²) in [5, 5.41) is 9.13. The number of hydrogen-bond acceptors (Lipinski definition) is 2. The van der Waals surface area contributed by atoms with Crippen molar-refractivity contribution < 1.29 is 14.7 Å². The number of aromatic carboxylic acids is 1. The first-order valence-electron chi connectivity index (χ1n) is 6.21. The summed E-state index contributed by atoms with van der Waals surface area (Å²) in [5.41, 5.74) is 1.33. The Morgan fingerprint density at radius 2 is 1.67 bits per heavy atom. The van der Waals surface area contributed by atoms with E-state index in [4.69, 9.17) is 5.11 Å². The van der Waals surface area contributed by atoms with Crippen molar-refractivity contribution in [3.05, 3.63) is 34.9 Å². The molecule has 0 spiro atoms. The van der Waals surface area contributed by atoms with E-state index in [0.29, 0.717) is 30.6 Å². The van der Waals surface area contributed by atoms with Crippen LogP contribution in [-0.4, -0.2) is 35.0 Å². The highest BCUT2D eigenvalue weighted by atomic mass is 16.4. The van der Waals surface area contributed by atoms with E-state index >= 15 is 0 Å². The molecule has 0 atom stereocenters. The molecule has 0 aromatic heterocycles. The molecule has 0 saturated heterocycles. The molecule has 0 saturated carbocycles. The van der Waals surface area contributed by atoms with Crippen molar-refractivity contribution in [2.75, 3.05) is 13.1 Å². The van der Waals surface area contributed by atoms with Crippen LogP contribution in [0.25, 0.3) is 0 Å². The maximum absolute atomic E-state index is 12.3. The molecule has 98 valence electrons. The summed E-state index contributed by atoms with van der Waals surface area (Å²) in [6, 6.07) is 4.87. The number of nitrogens with zero attached hydrogens (tertiary/aromatic N) is 1. The molecule has 1 aromatic carbocycles. The zero-order valence-corrected chi connectivity index (χ0v) is 11.1. The molecule has 1 N–H and O–H groups in total. The molecule has 18 heavy (non-hydrogen) atoms. The lowest BCUT2D eigenvalue weighted by Crippen LogP contribution is -2.31. The minimum Gasteiger partial charge on any atom is -0.478 e. The highest BCUT2D eigenvalue weighted by Crippen LogP contribution is 2.18. The van der Waals surface area contributed by atoms with Crippen molar-refractivity contribution in [2.45, 2.75) is 27.2 Å². The Kier molecular flexibility index (Phi) is 4.89. The Balaban J connectivity index is 3.28.